The van der Waals surface area contributed by atoms with Gasteiger partial charge in [-0.3, -0.25) is 9.89 Å². The molecular weight excluding hydrogens is 376 g/mol. The molecule has 4 aromatic rings. The zero-order valence-electron chi connectivity index (χ0n) is 17.2. The molecule has 7 nitrogen and oxygen atoms in total. The van der Waals surface area contributed by atoms with Crippen LogP contribution in [0.2, 0.25) is 0 Å². The monoisotopic (exact) mass is 400 g/mol. The van der Waals surface area contributed by atoms with Gasteiger partial charge in [-0.15, -0.1) is 0 Å². The van der Waals surface area contributed by atoms with Gasteiger partial charge in [0.25, 0.3) is 0 Å². The Morgan fingerprint density at radius 2 is 1.90 bits per heavy atom. The number of hydrogen-bond acceptors (Lipinski definition) is 4. The molecule has 7 heteroatoms. The molecule has 0 spiro atoms. The predicted molar refractivity (Wildman–Crippen MR) is 119 cm³/mol. The van der Waals surface area contributed by atoms with Gasteiger partial charge in [-0.25, -0.2) is 4.68 Å². The van der Waals surface area contributed by atoms with Crippen LogP contribution in [0.15, 0.2) is 67.0 Å². The molecule has 4 rings (SSSR count). The maximum Gasteiger partial charge on any atom is 0.226 e. The van der Waals surface area contributed by atoms with E-state index in [1.165, 1.54) is 0 Å². The highest BCUT2D eigenvalue weighted by Gasteiger charge is 2.10. The van der Waals surface area contributed by atoms with Gasteiger partial charge in [-0.05, 0) is 54.4 Å². The summed E-state index contributed by atoms with van der Waals surface area (Å²) in [7, 11) is 0. The quantitative estimate of drug-likeness (QED) is 0.429. The van der Waals surface area contributed by atoms with Gasteiger partial charge in [-0.2, -0.15) is 10.2 Å². The minimum Gasteiger partial charge on any atom is -0.339 e. The van der Waals surface area contributed by atoms with Crippen LogP contribution in [0.25, 0.3) is 16.9 Å². The second-order valence-electron chi connectivity index (χ2n) is 7.46. The SMILES string of the molecule is Cc1cc(NC(=O)C(C)C)ccc1Nc1cc(-c2ccc(-n3cccn3)cc2)[nH]n1. The lowest BCUT2D eigenvalue weighted by atomic mass is 10.1. The first-order valence-corrected chi connectivity index (χ1v) is 9.84. The van der Waals surface area contributed by atoms with Crippen LogP contribution in [0.1, 0.15) is 19.4 Å². The molecule has 0 aliphatic heterocycles. The second kappa shape index (κ2) is 8.24. The van der Waals surface area contributed by atoms with Crippen LogP contribution >= 0.6 is 0 Å². The molecule has 0 bridgehead atoms. The van der Waals surface area contributed by atoms with E-state index < -0.39 is 0 Å². The van der Waals surface area contributed by atoms with Crippen LogP contribution in [-0.2, 0) is 4.79 Å². The Hall–Kier alpha value is -3.87. The molecule has 0 saturated carbocycles. The largest absolute Gasteiger partial charge is 0.339 e. The van der Waals surface area contributed by atoms with Crippen molar-refractivity contribution in [3.05, 3.63) is 72.6 Å². The number of carbonyl (C=O) groups excluding carboxylic acids is 1. The van der Waals surface area contributed by atoms with Crippen molar-refractivity contribution in [2.24, 2.45) is 5.92 Å². The first-order valence-electron chi connectivity index (χ1n) is 9.84. The van der Waals surface area contributed by atoms with E-state index in [9.17, 15) is 4.79 Å². The van der Waals surface area contributed by atoms with Crippen molar-refractivity contribution < 1.29 is 4.79 Å². The standard InChI is InChI=1S/C23H24N6O/c1-15(2)23(30)25-18-7-10-20(16(3)13-18)26-22-14-21(27-28-22)17-5-8-19(9-6-17)29-12-4-11-24-29/h4-15H,1-3H3,(H,25,30)(H2,26,27,28). The maximum atomic E-state index is 11.9. The van der Waals surface area contributed by atoms with E-state index in [1.807, 2.05) is 86.2 Å². The van der Waals surface area contributed by atoms with Gasteiger partial charge < -0.3 is 10.6 Å². The molecule has 0 unspecified atom stereocenters. The summed E-state index contributed by atoms with van der Waals surface area (Å²) in [6.07, 6.45) is 3.67. The second-order valence-corrected chi connectivity index (χ2v) is 7.46. The molecule has 2 aromatic heterocycles. The van der Waals surface area contributed by atoms with Crippen molar-refractivity contribution in [3.8, 4) is 16.9 Å². The smallest absolute Gasteiger partial charge is 0.226 e. The molecule has 30 heavy (non-hydrogen) atoms. The fourth-order valence-electron chi connectivity index (χ4n) is 3.06. The Bertz CT molecular complexity index is 1140. The minimum atomic E-state index is -0.0563. The molecule has 2 heterocycles. The van der Waals surface area contributed by atoms with Crippen LogP contribution < -0.4 is 10.6 Å². The zero-order chi connectivity index (χ0) is 21.1. The van der Waals surface area contributed by atoms with Crippen molar-refractivity contribution >= 4 is 23.1 Å². The number of aromatic amines is 1. The molecule has 0 fully saturated rings. The summed E-state index contributed by atoms with van der Waals surface area (Å²) in [5.74, 6) is 0.674. The number of aromatic nitrogens is 4. The number of nitrogens with zero attached hydrogens (tertiary/aromatic N) is 3. The van der Waals surface area contributed by atoms with Gasteiger partial charge in [0.05, 0.1) is 11.4 Å². The van der Waals surface area contributed by atoms with Crippen LogP contribution in [0.4, 0.5) is 17.2 Å². The number of H-pyrrole nitrogens is 1. The van der Waals surface area contributed by atoms with E-state index in [2.05, 4.69) is 25.9 Å². The van der Waals surface area contributed by atoms with E-state index in [0.717, 1.165) is 39.7 Å². The molecule has 152 valence electrons. The van der Waals surface area contributed by atoms with E-state index in [1.54, 1.807) is 6.20 Å². The van der Waals surface area contributed by atoms with Gasteiger partial charge in [0.1, 0.15) is 0 Å². The van der Waals surface area contributed by atoms with Gasteiger partial charge in [0.2, 0.25) is 5.91 Å². The first kappa shape index (κ1) is 19.4. The summed E-state index contributed by atoms with van der Waals surface area (Å²) in [6, 6.07) is 17.7. The van der Waals surface area contributed by atoms with Gasteiger partial charge in [0.15, 0.2) is 5.82 Å². The van der Waals surface area contributed by atoms with Crippen molar-refractivity contribution in [1.82, 2.24) is 20.0 Å². The molecule has 1 amide bonds. The molecular formula is C23H24N6O. The van der Waals surface area contributed by atoms with Crippen molar-refractivity contribution in [3.63, 3.8) is 0 Å². The normalized spacial score (nSPS) is 10.9. The molecule has 2 aromatic carbocycles. The highest BCUT2D eigenvalue weighted by molar-refractivity contribution is 5.92. The number of amides is 1. The average molecular weight is 400 g/mol. The van der Waals surface area contributed by atoms with Gasteiger partial charge >= 0.3 is 0 Å². The number of anilines is 3. The van der Waals surface area contributed by atoms with E-state index >= 15 is 0 Å². The number of nitrogens with one attached hydrogen (secondary N) is 3. The highest BCUT2D eigenvalue weighted by atomic mass is 16.1. The molecule has 0 aliphatic carbocycles. The summed E-state index contributed by atoms with van der Waals surface area (Å²) in [6.45, 7) is 5.74. The molecule has 0 atom stereocenters. The lowest BCUT2D eigenvalue weighted by Gasteiger charge is -2.11. The molecule has 0 aliphatic rings. The lowest BCUT2D eigenvalue weighted by molar-refractivity contribution is -0.118. The van der Waals surface area contributed by atoms with Crippen molar-refractivity contribution in [1.29, 1.82) is 0 Å². The van der Waals surface area contributed by atoms with Crippen molar-refractivity contribution in [2.75, 3.05) is 10.6 Å². The van der Waals surface area contributed by atoms with Crippen LogP contribution in [0.5, 0.6) is 0 Å². The number of aryl methyl sites for hydroxylation is 1. The number of rotatable bonds is 6. The Morgan fingerprint density at radius 1 is 1.10 bits per heavy atom. The minimum absolute atomic E-state index is 0.00521. The third kappa shape index (κ3) is 4.25. The lowest BCUT2D eigenvalue weighted by Crippen LogP contribution is -2.17. The van der Waals surface area contributed by atoms with Crippen LogP contribution in [0, 0.1) is 12.8 Å². The molecule has 3 N–H and O–H groups in total. The molecule has 0 radical (unpaired) electrons. The van der Waals surface area contributed by atoms with E-state index in [0.29, 0.717) is 0 Å². The van der Waals surface area contributed by atoms with E-state index in [-0.39, 0.29) is 11.8 Å². The molecule has 0 saturated heterocycles. The maximum absolute atomic E-state index is 11.9. The zero-order valence-corrected chi connectivity index (χ0v) is 17.2. The van der Waals surface area contributed by atoms with Crippen molar-refractivity contribution in [2.45, 2.75) is 20.8 Å². The van der Waals surface area contributed by atoms with Gasteiger partial charge in [0, 0.05) is 35.8 Å². The Morgan fingerprint density at radius 3 is 2.57 bits per heavy atom. The topological polar surface area (TPSA) is 87.6 Å². The van der Waals surface area contributed by atoms with Gasteiger partial charge in [-0.1, -0.05) is 26.0 Å². The third-order valence-electron chi connectivity index (χ3n) is 4.81. The summed E-state index contributed by atoms with van der Waals surface area (Å²) in [4.78, 5) is 11.9. The summed E-state index contributed by atoms with van der Waals surface area (Å²) in [5, 5.41) is 17.9. The fourth-order valence-corrected chi connectivity index (χ4v) is 3.06. The number of benzene rings is 2. The summed E-state index contributed by atoms with van der Waals surface area (Å²) < 4.78 is 1.82. The summed E-state index contributed by atoms with van der Waals surface area (Å²) >= 11 is 0. The third-order valence-corrected chi connectivity index (χ3v) is 4.81. The highest BCUT2D eigenvalue weighted by Crippen LogP contribution is 2.26. The Kier molecular flexibility index (Phi) is 5.34. The number of hydrogen-bond donors (Lipinski definition) is 3. The summed E-state index contributed by atoms with van der Waals surface area (Å²) in [5.41, 5.74) is 5.70. The van der Waals surface area contributed by atoms with E-state index in [4.69, 9.17) is 0 Å². The predicted octanol–water partition coefficient (Wildman–Crippen LogP) is 4.91. The van der Waals surface area contributed by atoms with Crippen LogP contribution in [-0.4, -0.2) is 25.9 Å². The number of carbonyl (C=O) groups is 1. The Balaban J connectivity index is 1.46. The average Bonchev–Trinajstić information content (AvgIpc) is 3.42. The fraction of sp³-hybridized carbons (Fsp3) is 0.174. The van der Waals surface area contributed by atoms with Crippen LogP contribution in [0.3, 0.4) is 0 Å². The Labute approximate surface area is 175 Å². The first-order chi connectivity index (χ1) is 14.5.